The van der Waals surface area contributed by atoms with Crippen LogP contribution in [0.1, 0.15) is 6.42 Å². The molecule has 0 aromatic heterocycles. The molecule has 0 aromatic carbocycles. The summed E-state index contributed by atoms with van der Waals surface area (Å²) >= 11 is 0. The molecule has 0 aromatic rings. The fourth-order valence-corrected chi connectivity index (χ4v) is 2.31. The average molecular weight is 140 g/mol. The Morgan fingerprint density at radius 2 is 2.40 bits per heavy atom. The number of nitrogens with zero attached hydrogens (tertiary/aromatic N) is 1. The van der Waals surface area contributed by atoms with Crippen LogP contribution in [0.25, 0.3) is 0 Å². The summed E-state index contributed by atoms with van der Waals surface area (Å²) in [6.45, 7) is 3.81. The van der Waals surface area contributed by atoms with Crippen LogP contribution in [0.3, 0.4) is 0 Å². The molecule has 10 heavy (non-hydrogen) atoms. The second-order valence-electron chi connectivity index (χ2n) is 4.13. The summed E-state index contributed by atoms with van der Waals surface area (Å²) in [4.78, 5) is 2.31. The highest BCUT2D eigenvalue weighted by molar-refractivity contribution is 5.10. The summed E-state index contributed by atoms with van der Waals surface area (Å²) in [5.41, 5.74) is 0.698. The third kappa shape index (κ3) is 0.867. The lowest BCUT2D eigenvalue weighted by Crippen LogP contribution is -2.27. The van der Waals surface area contributed by atoms with Crippen molar-refractivity contribution in [1.82, 2.24) is 10.2 Å². The third-order valence-electron chi connectivity index (χ3n) is 2.86. The fourth-order valence-electron chi connectivity index (χ4n) is 2.31. The Bertz CT molecular complexity index is 144. The molecule has 2 fully saturated rings. The van der Waals surface area contributed by atoms with Gasteiger partial charge in [0.25, 0.3) is 0 Å². The zero-order valence-electron chi connectivity index (χ0n) is 6.85. The molecule has 2 rings (SSSR count). The summed E-state index contributed by atoms with van der Waals surface area (Å²) in [7, 11) is 4.34. The maximum atomic E-state index is 3.44. The highest BCUT2D eigenvalue weighted by Crippen LogP contribution is 2.54. The highest BCUT2D eigenvalue weighted by atomic mass is 15.1. The van der Waals surface area contributed by atoms with E-state index in [-0.39, 0.29) is 0 Å². The van der Waals surface area contributed by atoms with Gasteiger partial charge in [0, 0.05) is 13.1 Å². The number of rotatable bonds is 2. The van der Waals surface area contributed by atoms with Crippen LogP contribution in [0.2, 0.25) is 0 Å². The van der Waals surface area contributed by atoms with E-state index in [0.717, 1.165) is 5.92 Å². The molecule has 58 valence electrons. The van der Waals surface area contributed by atoms with Gasteiger partial charge < -0.3 is 10.2 Å². The molecule has 1 unspecified atom stereocenters. The van der Waals surface area contributed by atoms with Crippen LogP contribution in [-0.2, 0) is 0 Å². The van der Waals surface area contributed by atoms with Crippen molar-refractivity contribution in [3.8, 4) is 0 Å². The molecule has 1 N–H and O–H groups in total. The van der Waals surface area contributed by atoms with Crippen molar-refractivity contribution in [3.05, 3.63) is 0 Å². The molecule has 2 heteroatoms. The molecule has 2 nitrogen and oxygen atoms in total. The Labute approximate surface area is 62.6 Å². The van der Waals surface area contributed by atoms with Crippen LogP contribution < -0.4 is 5.32 Å². The monoisotopic (exact) mass is 140 g/mol. The van der Waals surface area contributed by atoms with Crippen molar-refractivity contribution >= 4 is 0 Å². The van der Waals surface area contributed by atoms with E-state index in [1.54, 1.807) is 0 Å². The summed E-state index contributed by atoms with van der Waals surface area (Å²) in [5.74, 6) is 1.01. The minimum absolute atomic E-state index is 0.698. The number of hydrogen-bond donors (Lipinski definition) is 1. The standard InChI is InChI=1S/C8H16N2/c1-10(2)6-8-3-7(8)4-9-5-8/h7,9H,3-6H2,1-2H3/t7?,8-/m0/s1. The van der Waals surface area contributed by atoms with E-state index in [1.807, 2.05) is 0 Å². The van der Waals surface area contributed by atoms with Crippen molar-refractivity contribution in [3.63, 3.8) is 0 Å². The van der Waals surface area contributed by atoms with E-state index in [0.29, 0.717) is 5.41 Å². The number of nitrogens with one attached hydrogen (secondary N) is 1. The van der Waals surface area contributed by atoms with E-state index >= 15 is 0 Å². The van der Waals surface area contributed by atoms with Gasteiger partial charge in [0.2, 0.25) is 0 Å². The molecule has 1 aliphatic carbocycles. The van der Waals surface area contributed by atoms with Crippen LogP contribution in [0.15, 0.2) is 0 Å². The van der Waals surface area contributed by atoms with Crippen molar-refractivity contribution in [2.24, 2.45) is 11.3 Å². The Balaban J connectivity index is 1.93. The Hall–Kier alpha value is -0.0800. The summed E-state index contributed by atoms with van der Waals surface area (Å²) in [6, 6.07) is 0. The maximum Gasteiger partial charge on any atom is 0.00473 e. The SMILES string of the molecule is CN(C)C[C@]12CNCC1C2. The number of piperidine rings is 1. The Kier molecular flexibility index (Phi) is 1.29. The van der Waals surface area contributed by atoms with Gasteiger partial charge in [-0.25, -0.2) is 0 Å². The van der Waals surface area contributed by atoms with Crippen LogP contribution >= 0.6 is 0 Å². The topological polar surface area (TPSA) is 15.3 Å². The molecule has 2 atom stereocenters. The summed E-state index contributed by atoms with van der Waals surface area (Å²) < 4.78 is 0. The lowest BCUT2D eigenvalue weighted by atomic mass is 10.1. The van der Waals surface area contributed by atoms with Gasteiger partial charge >= 0.3 is 0 Å². The van der Waals surface area contributed by atoms with Crippen LogP contribution in [0.5, 0.6) is 0 Å². The first kappa shape index (κ1) is 6.62. The zero-order valence-corrected chi connectivity index (χ0v) is 6.85. The summed E-state index contributed by atoms with van der Waals surface area (Å²) in [5, 5.41) is 3.44. The molecular formula is C8H16N2. The second-order valence-corrected chi connectivity index (χ2v) is 4.13. The van der Waals surface area contributed by atoms with E-state index in [2.05, 4.69) is 24.3 Å². The average Bonchev–Trinajstić information content (AvgIpc) is 2.33. The lowest BCUT2D eigenvalue weighted by molar-refractivity contribution is 0.311. The fraction of sp³-hybridized carbons (Fsp3) is 1.00. The zero-order chi connectivity index (χ0) is 7.19. The highest BCUT2D eigenvalue weighted by Gasteiger charge is 2.56. The van der Waals surface area contributed by atoms with Gasteiger partial charge in [-0.05, 0) is 38.4 Å². The Morgan fingerprint density at radius 1 is 1.60 bits per heavy atom. The molecule has 0 radical (unpaired) electrons. The minimum atomic E-state index is 0.698. The first-order valence-electron chi connectivity index (χ1n) is 4.08. The van der Waals surface area contributed by atoms with E-state index in [4.69, 9.17) is 0 Å². The molecule has 0 amide bonds. The predicted octanol–water partition coefficient (Wildman–Crippen LogP) is 0.158. The smallest absolute Gasteiger partial charge is 0.00473 e. The number of fused-ring (bicyclic) bond motifs is 1. The second kappa shape index (κ2) is 1.95. The van der Waals surface area contributed by atoms with Crippen LogP contribution in [-0.4, -0.2) is 38.6 Å². The molecule has 0 spiro atoms. The van der Waals surface area contributed by atoms with Gasteiger partial charge in [-0.2, -0.15) is 0 Å². The van der Waals surface area contributed by atoms with Crippen molar-refractivity contribution in [2.75, 3.05) is 33.7 Å². The first-order valence-corrected chi connectivity index (χ1v) is 4.08. The molecular weight excluding hydrogens is 124 g/mol. The quantitative estimate of drug-likeness (QED) is 0.587. The molecule has 2 aliphatic rings. The molecule has 1 saturated heterocycles. The molecule has 0 bridgehead atoms. The van der Waals surface area contributed by atoms with Gasteiger partial charge in [-0.15, -0.1) is 0 Å². The van der Waals surface area contributed by atoms with Crippen molar-refractivity contribution < 1.29 is 0 Å². The molecule has 1 saturated carbocycles. The van der Waals surface area contributed by atoms with Crippen molar-refractivity contribution in [1.29, 1.82) is 0 Å². The predicted molar refractivity (Wildman–Crippen MR) is 42.0 cm³/mol. The van der Waals surface area contributed by atoms with E-state index < -0.39 is 0 Å². The van der Waals surface area contributed by atoms with Gasteiger partial charge in [0.15, 0.2) is 0 Å². The lowest BCUT2D eigenvalue weighted by Gasteiger charge is -2.17. The summed E-state index contributed by atoms with van der Waals surface area (Å²) in [6.07, 6.45) is 1.47. The maximum absolute atomic E-state index is 3.44. The van der Waals surface area contributed by atoms with Gasteiger partial charge in [-0.3, -0.25) is 0 Å². The van der Waals surface area contributed by atoms with Gasteiger partial charge in [-0.1, -0.05) is 0 Å². The Morgan fingerprint density at radius 3 is 2.80 bits per heavy atom. The van der Waals surface area contributed by atoms with Crippen LogP contribution in [0, 0.1) is 11.3 Å². The normalized spacial score (nSPS) is 44.1. The molecule has 1 aliphatic heterocycles. The third-order valence-corrected chi connectivity index (χ3v) is 2.86. The minimum Gasteiger partial charge on any atom is -0.316 e. The largest absolute Gasteiger partial charge is 0.316 e. The van der Waals surface area contributed by atoms with Crippen LogP contribution in [0.4, 0.5) is 0 Å². The van der Waals surface area contributed by atoms with Crippen molar-refractivity contribution in [2.45, 2.75) is 6.42 Å². The van der Waals surface area contributed by atoms with Gasteiger partial charge in [0.05, 0.1) is 0 Å². The van der Waals surface area contributed by atoms with E-state index in [9.17, 15) is 0 Å². The first-order chi connectivity index (χ1) is 4.73. The number of hydrogen-bond acceptors (Lipinski definition) is 2. The van der Waals surface area contributed by atoms with E-state index in [1.165, 1.54) is 26.1 Å². The molecule has 1 heterocycles. The van der Waals surface area contributed by atoms with Gasteiger partial charge in [0.1, 0.15) is 0 Å².